The van der Waals surface area contributed by atoms with E-state index < -0.39 is 0 Å². The first kappa shape index (κ1) is 14.6. The molecular weight excluding hydrogens is 254 g/mol. The minimum Gasteiger partial charge on any atom is -0.497 e. The van der Waals surface area contributed by atoms with E-state index in [-0.39, 0.29) is 12.1 Å². The minimum atomic E-state index is -0.235. The van der Waals surface area contributed by atoms with Gasteiger partial charge in [-0.05, 0) is 36.2 Å². The van der Waals surface area contributed by atoms with E-state index in [9.17, 15) is 0 Å². The minimum absolute atomic E-state index is 0.0910. The van der Waals surface area contributed by atoms with Crippen LogP contribution in [0.25, 0.3) is 0 Å². The van der Waals surface area contributed by atoms with Gasteiger partial charge in [0.15, 0.2) is 0 Å². The van der Waals surface area contributed by atoms with Crippen molar-refractivity contribution >= 4 is 0 Å². The van der Waals surface area contributed by atoms with Gasteiger partial charge in [0.1, 0.15) is 17.6 Å². The Kier molecular flexibility index (Phi) is 5.21. The second kappa shape index (κ2) is 7.12. The number of hydrogen-bond acceptors (Lipinski definition) is 4. The highest BCUT2D eigenvalue weighted by atomic mass is 16.5. The fraction of sp³-hybridized carbons (Fsp3) is 0.375. The van der Waals surface area contributed by atoms with Crippen molar-refractivity contribution in [3.8, 4) is 5.75 Å². The summed E-state index contributed by atoms with van der Waals surface area (Å²) < 4.78 is 16.6. The molecule has 1 aromatic carbocycles. The van der Waals surface area contributed by atoms with E-state index in [1.807, 2.05) is 43.3 Å². The summed E-state index contributed by atoms with van der Waals surface area (Å²) in [6, 6.07) is 11.5. The van der Waals surface area contributed by atoms with Crippen molar-refractivity contribution in [3.63, 3.8) is 0 Å². The molecule has 108 valence electrons. The molecule has 1 aromatic heterocycles. The molecule has 4 heteroatoms. The highest BCUT2D eigenvalue weighted by Crippen LogP contribution is 2.24. The Morgan fingerprint density at radius 2 is 2.10 bits per heavy atom. The topological polar surface area (TPSA) is 57.6 Å². The SMILES string of the molecule is CCC(N)C(OCc1cccc(OC)c1)c1ccco1. The third kappa shape index (κ3) is 3.62. The van der Waals surface area contributed by atoms with Crippen LogP contribution in [0, 0.1) is 0 Å². The Bertz CT molecular complexity index is 510. The van der Waals surface area contributed by atoms with Crippen LogP contribution in [-0.2, 0) is 11.3 Å². The predicted octanol–water partition coefficient (Wildman–Crippen LogP) is 3.28. The number of furan rings is 1. The van der Waals surface area contributed by atoms with E-state index in [1.54, 1.807) is 13.4 Å². The maximum atomic E-state index is 6.12. The lowest BCUT2D eigenvalue weighted by atomic mass is 10.1. The predicted molar refractivity (Wildman–Crippen MR) is 77.5 cm³/mol. The third-order valence-electron chi connectivity index (χ3n) is 3.25. The van der Waals surface area contributed by atoms with Crippen molar-refractivity contribution < 1.29 is 13.9 Å². The van der Waals surface area contributed by atoms with Crippen LogP contribution in [0.3, 0.4) is 0 Å². The van der Waals surface area contributed by atoms with Crippen LogP contribution in [0.2, 0.25) is 0 Å². The molecule has 0 aliphatic carbocycles. The van der Waals surface area contributed by atoms with Crippen molar-refractivity contribution in [2.75, 3.05) is 7.11 Å². The van der Waals surface area contributed by atoms with Crippen LogP contribution in [0.15, 0.2) is 47.1 Å². The average Bonchev–Trinajstić information content (AvgIpc) is 3.01. The van der Waals surface area contributed by atoms with E-state index in [0.29, 0.717) is 6.61 Å². The summed E-state index contributed by atoms with van der Waals surface area (Å²) in [5, 5.41) is 0. The number of nitrogens with two attached hydrogens (primary N) is 1. The van der Waals surface area contributed by atoms with Crippen molar-refractivity contribution in [2.24, 2.45) is 5.73 Å². The molecule has 0 aliphatic heterocycles. The maximum Gasteiger partial charge on any atom is 0.134 e. The monoisotopic (exact) mass is 275 g/mol. The maximum absolute atomic E-state index is 6.12. The number of hydrogen-bond donors (Lipinski definition) is 1. The molecular formula is C16H21NO3. The summed E-state index contributed by atoms with van der Waals surface area (Å²) in [6.07, 6.45) is 2.23. The van der Waals surface area contributed by atoms with Gasteiger partial charge in [0.05, 0.1) is 20.0 Å². The van der Waals surface area contributed by atoms with Crippen LogP contribution >= 0.6 is 0 Å². The summed E-state index contributed by atoms with van der Waals surface area (Å²) >= 11 is 0. The van der Waals surface area contributed by atoms with Crippen LogP contribution in [0.1, 0.15) is 30.8 Å². The van der Waals surface area contributed by atoms with Crippen LogP contribution in [-0.4, -0.2) is 13.2 Å². The molecule has 0 bridgehead atoms. The Morgan fingerprint density at radius 3 is 2.75 bits per heavy atom. The molecule has 0 fully saturated rings. The average molecular weight is 275 g/mol. The molecule has 2 atom stereocenters. The molecule has 0 amide bonds. The van der Waals surface area contributed by atoms with E-state index >= 15 is 0 Å². The highest BCUT2D eigenvalue weighted by Gasteiger charge is 2.21. The zero-order valence-corrected chi connectivity index (χ0v) is 11.9. The third-order valence-corrected chi connectivity index (χ3v) is 3.25. The van der Waals surface area contributed by atoms with Gasteiger partial charge in [-0.1, -0.05) is 19.1 Å². The van der Waals surface area contributed by atoms with E-state index in [2.05, 4.69) is 0 Å². The Morgan fingerprint density at radius 1 is 1.25 bits per heavy atom. The van der Waals surface area contributed by atoms with Crippen molar-refractivity contribution in [3.05, 3.63) is 54.0 Å². The molecule has 0 aliphatic rings. The smallest absolute Gasteiger partial charge is 0.134 e. The molecule has 2 N–H and O–H groups in total. The highest BCUT2D eigenvalue weighted by molar-refractivity contribution is 5.27. The lowest BCUT2D eigenvalue weighted by Crippen LogP contribution is -2.29. The Hall–Kier alpha value is -1.78. The largest absolute Gasteiger partial charge is 0.497 e. The van der Waals surface area contributed by atoms with Crippen molar-refractivity contribution in [1.29, 1.82) is 0 Å². The van der Waals surface area contributed by atoms with Gasteiger partial charge in [-0.3, -0.25) is 0 Å². The molecule has 2 aromatic rings. The molecule has 0 spiro atoms. The summed E-state index contributed by atoms with van der Waals surface area (Å²) in [6.45, 7) is 2.51. The molecule has 0 saturated carbocycles. The van der Waals surface area contributed by atoms with Gasteiger partial charge in [0.2, 0.25) is 0 Å². The van der Waals surface area contributed by atoms with Gasteiger partial charge in [-0.15, -0.1) is 0 Å². The van der Waals surface area contributed by atoms with Gasteiger partial charge >= 0.3 is 0 Å². The van der Waals surface area contributed by atoms with Gasteiger partial charge in [-0.2, -0.15) is 0 Å². The van der Waals surface area contributed by atoms with E-state index in [4.69, 9.17) is 19.6 Å². The zero-order chi connectivity index (χ0) is 14.4. The van der Waals surface area contributed by atoms with E-state index in [0.717, 1.165) is 23.5 Å². The molecule has 20 heavy (non-hydrogen) atoms. The first-order valence-corrected chi connectivity index (χ1v) is 6.78. The van der Waals surface area contributed by atoms with Crippen LogP contribution in [0.5, 0.6) is 5.75 Å². The summed E-state index contributed by atoms with van der Waals surface area (Å²) in [5.41, 5.74) is 7.16. The van der Waals surface area contributed by atoms with Gasteiger partial charge in [-0.25, -0.2) is 0 Å². The van der Waals surface area contributed by atoms with Gasteiger partial charge in [0.25, 0.3) is 0 Å². The normalized spacial score (nSPS) is 13.9. The fourth-order valence-electron chi connectivity index (χ4n) is 2.03. The Labute approximate surface area is 119 Å². The number of ether oxygens (including phenoxy) is 2. The van der Waals surface area contributed by atoms with Crippen LogP contribution in [0.4, 0.5) is 0 Å². The molecule has 4 nitrogen and oxygen atoms in total. The molecule has 2 unspecified atom stereocenters. The molecule has 0 radical (unpaired) electrons. The summed E-state index contributed by atoms with van der Waals surface area (Å²) in [4.78, 5) is 0. The summed E-state index contributed by atoms with van der Waals surface area (Å²) in [7, 11) is 1.65. The molecule has 0 saturated heterocycles. The number of benzene rings is 1. The number of methoxy groups -OCH3 is 1. The quantitative estimate of drug-likeness (QED) is 0.842. The zero-order valence-electron chi connectivity index (χ0n) is 11.9. The van der Waals surface area contributed by atoms with Crippen molar-refractivity contribution in [2.45, 2.75) is 32.1 Å². The van der Waals surface area contributed by atoms with Crippen molar-refractivity contribution in [1.82, 2.24) is 0 Å². The van der Waals surface area contributed by atoms with Crippen LogP contribution < -0.4 is 10.5 Å². The fourth-order valence-corrected chi connectivity index (χ4v) is 2.03. The number of rotatable bonds is 7. The summed E-state index contributed by atoms with van der Waals surface area (Å²) in [5.74, 6) is 1.59. The van der Waals surface area contributed by atoms with Gasteiger partial charge in [0, 0.05) is 6.04 Å². The first-order valence-electron chi connectivity index (χ1n) is 6.78. The lowest BCUT2D eigenvalue weighted by Gasteiger charge is -2.21. The molecule has 2 rings (SSSR count). The Balaban J connectivity index is 2.05. The van der Waals surface area contributed by atoms with Gasteiger partial charge < -0.3 is 19.6 Å². The lowest BCUT2D eigenvalue weighted by molar-refractivity contribution is 0.00741. The second-order valence-corrected chi connectivity index (χ2v) is 4.67. The van der Waals surface area contributed by atoms with E-state index in [1.165, 1.54) is 0 Å². The first-order chi connectivity index (χ1) is 9.74. The second-order valence-electron chi connectivity index (χ2n) is 4.67. The molecule has 1 heterocycles. The standard InChI is InChI=1S/C16H21NO3/c1-3-14(17)16(15-8-5-9-19-15)20-11-12-6-4-7-13(10-12)18-2/h4-10,14,16H,3,11,17H2,1-2H3.